The highest BCUT2D eigenvalue weighted by molar-refractivity contribution is 7.50. The Morgan fingerprint density at radius 1 is 1.44 bits per heavy atom. The van der Waals surface area contributed by atoms with E-state index in [-0.39, 0.29) is 22.1 Å². The second-order valence-electron chi connectivity index (χ2n) is 3.65. The molecule has 3 N–H and O–H groups in total. The van der Waals surface area contributed by atoms with Crippen LogP contribution in [0.2, 0.25) is 5.02 Å². The molecule has 0 saturated carbocycles. The van der Waals surface area contributed by atoms with Crippen LogP contribution in [-0.2, 0) is 10.7 Å². The number of aromatic carboxylic acids is 1. The Hall–Kier alpha value is -1.40. The van der Waals surface area contributed by atoms with Crippen LogP contribution < -0.4 is 0 Å². The van der Waals surface area contributed by atoms with E-state index in [1.807, 2.05) is 0 Å². The molecule has 0 unspecified atom stereocenters. The largest absolute Gasteiger partial charge is 0.476 e. The van der Waals surface area contributed by atoms with Gasteiger partial charge in [0.05, 0.1) is 6.16 Å². The lowest BCUT2D eigenvalue weighted by atomic mass is 10.3. The van der Waals surface area contributed by atoms with E-state index in [0.29, 0.717) is 0 Å². The molecule has 0 fully saturated rings. The summed E-state index contributed by atoms with van der Waals surface area (Å²) in [7, 11) is -4.28. The van der Waals surface area contributed by atoms with Crippen molar-refractivity contribution in [1.29, 1.82) is 0 Å². The third kappa shape index (κ3) is 2.70. The summed E-state index contributed by atoms with van der Waals surface area (Å²) >= 11 is 5.79. The zero-order chi connectivity index (χ0) is 13.5. The van der Waals surface area contributed by atoms with Gasteiger partial charge in [0.25, 0.3) is 0 Å². The Morgan fingerprint density at radius 3 is 2.67 bits per heavy atom. The molecule has 0 radical (unpaired) electrons. The topological polar surface area (TPSA) is 112 Å². The van der Waals surface area contributed by atoms with Crippen LogP contribution in [0, 0.1) is 0 Å². The third-order valence-electron chi connectivity index (χ3n) is 2.20. The Kier molecular flexibility index (Phi) is 3.16. The fraction of sp³-hybridized carbons (Fsp3) is 0.111. The molecule has 0 aromatic carbocycles. The van der Waals surface area contributed by atoms with Gasteiger partial charge in [-0.3, -0.25) is 4.57 Å². The molecule has 7 nitrogen and oxygen atoms in total. The van der Waals surface area contributed by atoms with Crippen molar-refractivity contribution in [1.82, 2.24) is 9.38 Å². The molecule has 0 aliphatic heterocycles. The zero-order valence-electron chi connectivity index (χ0n) is 8.82. The molecule has 0 aliphatic rings. The summed E-state index contributed by atoms with van der Waals surface area (Å²) in [6.07, 6.45) is 0.651. The van der Waals surface area contributed by atoms with Crippen LogP contribution in [0.4, 0.5) is 0 Å². The van der Waals surface area contributed by atoms with Crippen LogP contribution in [0.1, 0.15) is 16.2 Å². The van der Waals surface area contributed by atoms with Crippen molar-refractivity contribution in [3.8, 4) is 0 Å². The first-order chi connectivity index (χ1) is 8.26. The van der Waals surface area contributed by atoms with Gasteiger partial charge >= 0.3 is 13.6 Å². The summed E-state index contributed by atoms with van der Waals surface area (Å²) in [5, 5.41) is 9.05. The summed E-state index contributed by atoms with van der Waals surface area (Å²) in [5.41, 5.74) is 0.207. The van der Waals surface area contributed by atoms with Gasteiger partial charge in [0.1, 0.15) is 5.65 Å². The van der Waals surface area contributed by atoms with E-state index in [1.54, 1.807) is 0 Å². The fourth-order valence-corrected chi connectivity index (χ4v) is 2.45. The highest BCUT2D eigenvalue weighted by Gasteiger charge is 2.19. The van der Waals surface area contributed by atoms with Crippen molar-refractivity contribution < 1.29 is 24.3 Å². The van der Waals surface area contributed by atoms with Gasteiger partial charge in [0.2, 0.25) is 0 Å². The highest BCUT2D eigenvalue weighted by atomic mass is 35.5. The van der Waals surface area contributed by atoms with Gasteiger partial charge < -0.3 is 19.3 Å². The molecule has 9 heteroatoms. The minimum absolute atomic E-state index is 0.200. The third-order valence-corrected chi connectivity index (χ3v) is 3.16. The number of rotatable bonds is 3. The Labute approximate surface area is 106 Å². The lowest BCUT2D eigenvalue weighted by Crippen LogP contribution is -1.97. The highest BCUT2D eigenvalue weighted by Crippen LogP contribution is 2.39. The van der Waals surface area contributed by atoms with Gasteiger partial charge in [-0.05, 0) is 6.07 Å². The molecule has 2 rings (SSSR count). The van der Waals surface area contributed by atoms with Gasteiger partial charge in [0.15, 0.2) is 5.69 Å². The van der Waals surface area contributed by atoms with Crippen molar-refractivity contribution in [2.75, 3.05) is 0 Å². The second kappa shape index (κ2) is 4.37. The van der Waals surface area contributed by atoms with Gasteiger partial charge in [-0.25, -0.2) is 9.78 Å². The number of hydrogen-bond donors (Lipinski definition) is 3. The maximum Gasteiger partial charge on any atom is 0.356 e. The molecule has 0 bridgehead atoms. The Bertz CT molecular complexity index is 677. The first kappa shape index (κ1) is 13.0. The van der Waals surface area contributed by atoms with Crippen LogP contribution >= 0.6 is 19.2 Å². The fourth-order valence-electron chi connectivity index (χ4n) is 1.56. The molecule has 0 amide bonds. The summed E-state index contributed by atoms with van der Waals surface area (Å²) in [6, 6.07) is 2.78. The average Bonchev–Trinajstić information content (AvgIpc) is 2.58. The van der Waals surface area contributed by atoms with Gasteiger partial charge in [-0.15, -0.1) is 0 Å². The van der Waals surface area contributed by atoms with Crippen LogP contribution in [0.25, 0.3) is 5.65 Å². The zero-order valence-corrected chi connectivity index (χ0v) is 10.5. The smallest absolute Gasteiger partial charge is 0.356 e. The van der Waals surface area contributed by atoms with E-state index < -0.39 is 19.7 Å². The predicted molar refractivity (Wildman–Crippen MR) is 62.9 cm³/mol. The minimum Gasteiger partial charge on any atom is -0.476 e. The van der Waals surface area contributed by atoms with Crippen LogP contribution in [0.5, 0.6) is 0 Å². The number of nitrogens with zero attached hydrogens (tertiary/aromatic N) is 2. The molecule has 0 aliphatic carbocycles. The average molecular weight is 291 g/mol. The lowest BCUT2D eigenvalue weighted by molar-refractivity contribution is 0.0691. The molecule has 96 valence electrons. The van der Waals surface area contributed by atoms with Crippen molar-refractivity contribution >= 4 is 30.8 Å². The summed E-state index contributed by atoms with van der Waals surface area (Å²) in [6.45, 7) is 0. The standard InChI is InChI=1S/C9H8ClN2O5P/c10-5-1-6(4-18(15,16)17)12-3-7(9(13)14)11-8(12)2-5/h1-3H,4H2,(H,13,14)(H2,15,16,17). The van der Waals surface area contributed by atoms with E-state index in [2.05, 4.69) is 4.98 Å². The first-order valence-corrected chi connectivity index (χ1v) is 6.89. The molecule has 0 spiro atoms. The number of hydrogen-bond acceptors (Lipinski definition) is 3. The summed E-state index contributed by atoms with van der Waals surface area (Å²) < 4.78 is 12.3. The van der Waals surface area contributed by atoms with E-state index in [0.717, 1.165) is 0 Å². The van der Waals surface area contributed by atoms with Gasteiger partial charge in [0, 0.05) is 23.0 Å². The van der Waals surface area contributed by atoms with E-state index in [9.17, 15) is 9.36 Å². The van der Waals surface area contributed by atoms with E-state index in [1.165, 1.54) is 22.7 Å². The summed E-state index contributed by atoms with van der Waals surface area (Å²) in [5.74, 6) is -1.23. The number of halogens is 1. The molecule has 18 heavy (non-hydrogen) atoms. The number of aromatic nitrogens is 2. The van der Waals surface area contributed by atoms with Gasteiger partial charge in [-0.2, -0.15) is 0 Å². The van der Waals surface area contributed by atoms with Crippen molar-refractivity contribution in [3.05, 3.63) is 34.7 Å². The SMILES string of the molecule is O=C(O)c1cn2c(CP(=O)(O)O)cc(Cl)cc2n1. The molecule has 0 saturated heterocycles. The number of pyridine rings is 1. The van der Waals surface area contributed by atoms with Crippen LogP contribution in [0.15, 0.2) is 18.3 Å². The van der Waals surface area contributed by atoms with Crippen molar-refractivity contribution in [2.24, 2.45) is 0 Å². The van der Waals surface area contributed by atoms with Gasteiger partial charge in [-0.1, -0.05) is 11.6 Å². The number of carbonyl (C=O) groups is 1. The molecular weight excluding hydrogens is 283 g/mol. The summed E-state index contributed by atoms with van der Waals surface area (Å²) in [4.78, 5) is 32.5. The number of imidazole rings is 1. The molecule has 2 aromatic rings. The first-order valence-electron chi connectivity index (χ1n) is 4.72. The molecule has 2 heterocycles. The maximum atomic E-state index is 11.0. The monoisotopic (exact) mass is 290 g/mol. The Morgan fingerprint density at radius 2 is 2.11 bits per heavy atom. The second-order valence-corrected chi connectivity index (χ2v) is 5.73. The van der Waals surface area contributed by atoms with E-state index >= 15 is 0 Å². The number of fused-ring (bicyclic) bond motifs is 1. The molecular formula is C9H8ClN2O5P. The quantitative estimate of drug-likeness (QED) is 0.736. The molecule has 2 aromatic heterocycles. The normalized spacial score (nSPS) is 11.9. The number of carboxylic acid groups (broad SMARTS) is 1. The molecule has 0 atom stereocenters. The van der Waals surface area contributed by atoms with Crippen molar-refractivity contribution in [3.63, 3.8) is 0 Å². The minimum atomic E-state index is -4.28. The predicted octanol–water partition coefficient (Wildman–Crippen LogP) is 1.36. The number of carboxylic acids is 1. The van der Waals surface area contributed by atoms with Crippen molar-refractivity contribution in [2.45, 2.75) is 6.16 Å². The van der Waals surface area contributed by atoms with Crippen LogP contribution in [-0.4, -0.2) is 30.2 Å². The van der Waals surface area contributed by atoms with Crippen LogP contribution in [0.3, 0.4) is 0 Å². The maximum absolute atomic E-state index is 11.0. The Balaban J connectivity index is 2.64. The lowest BCUT2D eigenvalue weighted by Gasteiger charge is -2.07. The van der Waals surface area contributed by atoms with E-state index in [4.69, 9.17) is 26.5 Å².